The van der Waals surface area contributed by atoms with Crippen molar-refractivity contribution in [2.75, 3.05) is 19.7 Å². The number of aromatic nitrogens is 2. The molecular formula is C15H26N4O2. The van der Waals surface area contributed by atoms with Crippen LogP contribution in [-0.4, -0.2) is 52.0 Å². The summed E-state index contributed by atoms with van der Waals surface area (Å²) in [7, 11) is 0. The molecule has 2 amide bonds. The van der Waals surface area contributed by atoms with Crippen molar-refractivity contribution in [3.8, 4) is 0 Å². The van der Waals surface area contributed by atoms with Crippen LogP contribution in [0.4, 0.5) is 4.79 Å². The van der Waals surface area contributed by atoms with E-state index in [4.69, 9.17) is 5.11 Å². The Hall–Kier alpha value is -1.56. The Morgan fingerprint density at radius 1 is 1.52 bits per heavy atom. The molecule has 3 N–H and O–H groups in total. The fraction of sp³-hybridized carbons (Fsp3) is 0.733. The summed E-state index contributed by atoms with van der Waals surface area (Å²) in [4.78, 5) is 14.0. The molecule has 0 fully saturated rings. The number of hydrogen-bond acceptors (Lipinski definition) is 3. The number of nitrogens with zero attached hydrogens (tertiary/aromatic N) is 2. The van der Waals surface area contributed by atoms with E-state index >= 15 is 0 Å². The van der Waals surface area contributed by atoms with Crippen molar-refractivity contribution in [2.45, 2.75) is 51.5 Å². The van der Waals surface area contributed by atoms with Gasteiger partial charge in [-0.15, -0.1) is 0 Å². The molecular weight excluding hydrogens is 268 g/mol. The van der Waals surface area contributed by atoms with Crippen LogP contribution >= 0.6 is 0 Å². The molecule has 1 aliphatic carbocycles. The topological polar surface area (TPSA) is 81.2 Å². The van der Waals surface area contributed by atoms with Gasteiger partial charge in [0.15, 0.2) is 0 Å². The number of aliphatic hydroxyl groups is 1. The Labute approximate surface area is 125 Å². The summed E-state index contributed by atoms with van der Waals surface area (Å²) in [5.41, 5.74) is 2.39. The second-order valence-electron chi connectivity index (χ2n) is 5.68. The first-order valence-electron chi connectivity index (χ1n) is 7.92. The number of nitrogens with one attached hydrogen (secondary N) is 2. The van der Waals surface area contributed by atoms with Gasteiger partial charge in [0.2, 0.25) is 0 Å². The van der Waals surface area contributed by atoms with Crippen LogP contribution in [0.3, 0.4) is 0 Å². The number of H-pyrrole nitrogens is 1. The average Bonchev–Trinajstić information content (AvgIpc) is 2.94. The zero-order valence-corrected chi connectivity index (χ0v) is 12.8. The normalized spacial score (nSPS) is 17.3. The molecule has 1 aromatic heterocycles. The van der Waals surface area contributed by atoms with Gasteiger partial charge in [-0.3, -0.25) is 5.10 Å². The predicted octanol–water partition coefficient (Wildman–Crippen LogP) is 1.46. The lowest BCUT2D eigenvalue weighted by molar-refractivity contribution is 0.171. The van der Waals surface area contributed by atoms with Crippen LogP contribution in [0.2, 0.25) is 0 Å². The van der Waals surface area contributed by atoms with Gasteiger partial charge in [0.1, 0.15) is 0 Å². The van der Waals surface area contributed by atoms with Gasteiger partial charge in [0.25, 0.3) is 0 Å². The second-order valence-corrected chi connectivity index (χ2v) is 5.68. The fourth-order valence-electron chi connectivity index (χ4n) is 2.79. The molecule has 0 saturated heterocycles. The number of carbonyl (C=O) groups is 1. The standard InChI is InChI=1S/C15H26N4O2/c1-2-3-4-7-19(8-9-20)15(21)17-13-5-6-14-12(10-13)11-16-18-14/h11,13,20H,2-10H2,1H3,(H,16,18)(H,17,21). The van der Waals surface area contributed by atoms with Crippen LogP contribution in [0.25, 0.3) is 0 Å². The highest BCUT2D eigenvalue weighted by Gasteiger charge is 2.23. The molecule has 1 aliphatic rings. The predicted molar refractivity (Wildman–Crippen MR) is 81.1 cm³/mol. The summed E-state index contributed by atoms with van der Waals surface area (Å²) < 4.78 is 0. The summed E-state index contributed by atoms with van der Waals surface area (Å²) in [6, 6.07) is 0.104. The zero-order chi connectivity index (χ0) is 15.1. The SMILES string of the molecule is CCCCCN(CCO)C(=O)NC1CCc2[nH]ncc2C1. The van der Waals surface area contributed by atoms with E-state index in [1.807, 2.05) is 6.20 Å². The monoisotopic (exact) mass is 294 g/mol. The Bertz CT molecular complexity index is 447. The lowest BCUT2D eigenvalue weighted by Gasteiger charge is -2.28. The summed E-state index contributed by atoms with van der Waals surface area (Å²) in [5, 5.41) is 19.3. The number of urea groups is 1. The van der Waals surface area contributed by atoms with Gasteiger partial charge in [-0.1, -0.05) is 19.8 Å². The van der Waals surface area contributed by atoms with Crippen molar-refractivity contribution in [3.05, 3.63) is 17.5 Å². The summed E-state index contributed by atoms with van der Waals surface area (Å²) in [6.45, 7) is 3.26. The summed E-state index contributed by atoms with van der Waals surface area (Å²) in [6.07, 6.45) is 7.76. The highest BCUT2D eigenvalue weighted by atomic mass is 16.3. The number of aliphatic hydroxyl groups excluding tert-OH is 1. The number of amides is 2. The summed E-state index contributed by atoms with van der Waals surface area (Å²) in [5.74, 6) is 0. The minimum Gasteiger partial charge on any atom is -0.395 e. The van der Waals surface area contributed by atoms with Gasteiger partial charge in [0, 0.05) is 24.8 Å². The molecule has 118 valence electrons. The number of aromatic amines is 1. The number of hydrogen-bond donors (Lipinski definition) is 3. The van der Waals surface area contributed by atoms with Crippen LogP contribution in [-0.2, 0) is 12.8 Å². The molecule has 6 heteroatoms. The first kappa shape index (κ1) is 15.8. The van der Waals surface area contributed by atoms with Crippen molar-refractivity contribution < 1.29 is 9.90 Å². The van der Waals surface area contributed by atoms with Crippen molar-refractivity contribution in [2.24, 2.45) is 0 Å². The number of aryl methyl sites for hydroxylation is 1. The molecule has 1 atom stereocenters. The minimum absolute atomic E-state index is 0.0100. The van der Waals surface area contributed by atoms with Gasteiger partial charge in [-0.2, -0.15) is 5.10 Å². The number of carbonyl (C=O) groups excluding carboxylic acids is 1. The third-order valence-electron chi connectivity index (χ3n) is 4.03. The molecule has 1 heterocycles. The van der Waals surface area contributed by atoms with E-state index in [1.54, 1.807) is 4.90 Å². The Kier molecular flexibility index (Phi) is 6.04. The van der Waals surface area contributed by atoms with Crippen molar-refractivity contribution in [1.29, 1.82) is 0 Å². The van der Waals surface area contributed by atoms with Gasteiger partial charge in [-0.05, 0) is 31.2 Å². The van der Waals surface area contributed by atoms with E-state index in [1.165, 1.54) is 11.3 Å². The molecule has 0 radical (unpaired) electrons. The first-order chi connectivity index (χ1) is 10.2. The largest absolute Gasteiger partial charge is 0.395 e. The quantitative estimate of drug-likeness (QED) is 0.666. The Morgan fingerprint density at radius 3 is 3.14 bits per heavy atom. The van der Waals surface area contributed by atoms with E-state index in [2.05, 4.69) is 22.4 Å². The van der Waals surface area contributed by atoms with Crippen LogP contribution in [0.1, 0.15) is 43.9 Å². The van der Waals surface area contributed by atoms with Crippen LogP contribution in [0.15, 0.2) is 6.20 Å². The highest BCUT2D eigenvalue weighted by molar-refractivity contribution is 5.74. The number of unbranched alkanes of at least 4 members (excludes halogenated alkanes) is 2. The maximum atomic E-state index is 12.3. The van der Waals surface area contributed by atoms with E-state index in [-0.39, 0.29) is 18.7 Å². The molecule has 1 unspecified atom stereocenters. The maximum Gasteiger partial charge on any atom is 0.317 e. The smallest absolute Gasteiger partial charge is 0.317 e. The number of fused-ring (bicyclic) bond motifs is 1. The Balaban J connectivity index is 1.84. The van der Waals surface area contributed by atoms with Gasteiger partial charge >= 0.3 is 6.03 Å². The third kappa shape index (κ3) is 4.46. The molecule has 0 aliphatic heterocycles. The first-order valence-corrected chi connectivity index (χ1v) is 7.92. The molecule has 0 saturated carbocycles. The third-order valence-corrected chi connectivity index (χ3v) is 4.03. The Morgan fingerprint density at radius 2 is 2.38 bits per heavy atom. The molecule has 1 aromatic rings. The van der Waals surface area contributed by atoms with E-state index in [9.17, 15) is 4.79 Å². The highest BCUT2D eigenvalue weighted by Crippen LogP contribution is 2.19. The fourth-order valence-corrected chi connectivity index (χ4v) is 2.79. The zero-order valence-electron chi connectivity index (χ0n) is 12.8. The molecule has 21 heavy (non-hydrogen) atoms. The summed E-state index contributed by atoms with van der Waals surface area (Å²) >= 11 is 0. The second kappa shape index (κ2) is 8.02. The molecule has 0 aromatic carbocycles. The van der Waals surface area contributed by atoms with Crippen molar-refractivity contribution in [1.82, 2.24) is 20.4 Å². The van der Waals surface area contributed by atoms with E-state index < -0.39 is 0 Å². The van der Waals surface area contributed by atoms with Gasteiger partial charge in [0.05, 0.1) is 12.8 Å². The van der Waals surface area contributed by atoms with Crippen LogP contribution < -0.4 is 5.32 Å². The molecule has 6 nitrogen and oxygen atoms in total. The van der Waals surface area contributed by atoms with Crippen molar-refractivity contribution >= 4 is 6.03 Å². The van der Waals surface area contributed by atoms with E-state index in [0.717, 1.165) is 38.5 Å². The lowest BCUT2D eigenvalue weighted by atomic mass is 9.94. The van der Waals surface area contributed by atoms with Gasteiger partial charge in [-0.25, -0.2) is 4.79 Å². The van der Waals surface area contributed by atoms with Gasteiger partial charge < -0.3 is 15.3 Å². The van der Waals surface area contributed by atoms with Crippen LogP contribution in [0, 0.1) is 0 Å². The lowest BCUT2D eigenvalue weighted by Crippen LogP contribution is -2.47. The average molecular weight is 294 g/mol. The van der Waals surface area contributed by atoms with Crippen LogP contribution in [0.5, 0.6) is 0 Å². The number of rotatable bonds is 7. The van der Waals surface area contributed by atoms with Crippen molar-refractivity contribution in [3.63, 3.8) is 0 Å². The molecule has 2 rings (SSSR count). The molecule has 0 bridgehead atoms. The maximum absolute atomic E-state index is 12.3. The molecule has 0 spiro atoms. The van der Waals surface area contributed by atoms with E-state index in [0.29, 0.717) is 13.1 Å². The minimum atomic E-state index is -0.0582.